The van der Waals surface area contributed by atoms with E-state index in [-0.39, 0.29) is 14.9 Å². The summed E-state index contributed by atoms with van der Waals surface area (Å²) in [6.45, 7) is 4.49. The Kier molecular flexibility index (Phi) is 9.69. The first-order valence-corrected chi connectivity index (χ1v) is 20.2. The summed E-state index contributed by atoms with van der Waals surface area (Å²) in [5.74, 6) is 0. The first-order chi connectivity index (χ1) is 28.5. The SMILES string of the molecule is C.C.Cc1c2ccccc2c(-c2cccc(-c3ccc4c(c3)C=Cc3cc(-c5cccc(-c6c7ccccc7c(C)c7ccccc67)c5)ccc3N4C)c2)c2ccccc12. The van der Waals surface area contributed by atoms with Crippen molar-refractivity contribution in [3.63, 3.8) is 0 Å². The number of rotatable bonds is 4. The maximum Gasteiger partial charge on any atom is 0.0482 e. The van der Waals surface area contributed by atoms with Crippen LogP contribution in [0.5, 0.6) is 0 Å². The highest BCUT2D eigenvalue weighted by Gasteiger charge is 2.19. The summed E-state index contributed by atoms with van der Waals surface area (Å²) < 4.78 is 0. The van der Waals surface area contributed by atoms with Crippen LogP contribution in [-0.4, -0.2) is 7.05 Å². The van der Waals surface area contributed by atoms with Crippen molar-refractivity contribution in [3.05, 3.63) is 204 Å². The van der Waals surface area contributed by atoms with Crippen molar-refractivity contribution >= 4 is 66.6 Å². The van der Waals surface area contributed by atoms with E-state index in [0.29, 0.717) is 0 Å². The van der Waals surface area contributed by atoms with E-state index in [2.05, 4.69) is 220 Å². The molecule has 1 nitrogen and oxygen atoms in total. The lowest BCUT2D eigenvalue weighted by Gasteiger charge is -2.23. The van der Waals surface area contributed by atoms with Gasteiger partial charge in [-0.2, -0.15) is 0 Å². The second kappa shape index (κ2) is 15.2. The number of anilines is 2. The summed E-state index contributed by atoms with van der Waals surface area (Å²) in [5, 5.41) is 10.4. The van der Waals surface area contributed by atoms with Gasteiger partial charge in [0.2, 0.25) is 0 Å². The molecule has 0 saturated carbocycles. The average Bonchev–Trinajstić information content (AvgIpc) is 3.42. The van der Waals surface area contributed by atoms with Gasteiger partial charge in [0.15, 0.2) is 0 Å². The van der Waals surface area contributed by atoms with Gasteiger partial charge in [0.05, 0.1) is 0 Å². The van der Waals surface area contributed by atoms with Crippen LogP contribution in [0.4, 0.5) is 11.4 Å². The number of hydrogen-bond donors (Lipinski definition) is 0. The number of fused-ring (bicyclic) bond motifs is 6. The third kappa shape index (κ3) is 6.09. The van der Waals surface area contributed by atoms with Crippen LogP contribution in [0.15, 0.2) is 182 Å². The second-order valence-electron chi connectivity index (χ2n) is 15.8. The van der Waals surface area contributed by atoms with Crippen LogP contribution in [0.3, 0.4) is 0 Å². The average molecular weight is 772 g/mol. The van der Waals surface area contributed by atoms with Crippen LogP contribution in [0.25, 0.3) is 99.7 Å². The zero-order valence-corrected chi connectivity index (χ0v) is 32.9. The summed E-state index contributed by atoms with van der Waals surface area (Å²) in [7, 11) is 2.19. The molecule has 0 radical (unpaired) electrons. The fourth-order valence-corrected chi connectivity index (χ4v) is 9.68. The maximum atomic E-state index is 2.37. The second-order valence-corrected chi connectivity index (χ2v) is 15.8. The van der Waals surface area contributed by atoms with E-state index >= 15 is 0 Å². The molecule has 10 aromatic carbocycles. The Morgan fingerprint density at radius 3 is 0.950 bits per heavy atom. The van der Waals surface area contributed by atoms with Crippen molar-refractivity contribution in [1.82, 2.24) is 0 Å². The number of nitrogens with zero attached hydrogens (tertiary/aromatic N) is 1. The molecule has 0 atom stereocenters. The van der Waals surface area contributed by atoms with E-state index in [0.717, 1.165) is 0 Å². The monoisotopic (exact) mass is 771 g/mol. The topological polar surface area (TPSA) is 3.24 Å². The smallest absolute Gasteiger partial charge is 0.0482 e. The van der Waals surface area contributed by atoms with Crippen molar-refractivity contribution in [2.24, 2.45) is 0 Å². The predicted molar refractivity (Wildman–Crippen MR) is 265 cm³/mol. The molecule has 60 heavy (non-hydrogen) atoms. The van der Waals surface area contributed by atoms with Gasteiger partial charge in [-0.05, 0) is 160 Å². The minimum atomic E-state index is 0. The minimum Gasteiger partial charge on any atom is -0.344 e. The summed E-state index contributed by atoms with van der Waals surface area (Å²) in [6.07, 6.45) is 4.58. The molecule has 10 aromatic rings. The molecule has 0 N–H and O–H groups in total. The van der Waals surface area contributed by atoms with Gasteiger partial charge in [-0.3, -0.25) is 0 Å². The summed E-state index contributed by atoms with van der Waals surface area (Å²) in [5.41, 5.74) is 17.4. The zero-order valence-electron chi connectivity index (χ0n) is 32.9. The van der Waals surface area contributed by atoms with Crippen molar-refractivity contribution in [1.29, 1.82) is 0 Å². The maximum absolute atomic E-state index is 2.37. The summed E-state index contributed by atoms with van der Waals surface area (Å²) in [4.78, 5) is 2.33. The first-order valence-electron chi connectivity index (χ1n) is 20.2. The lowest BCUT2D eigenvalue weighted by molar-refractivity contribution is 1.20. The van der Waals surface area contributed by atoms with Crippen molar-refractivity contribution in [2.45, 2.75) is 28.7 Å². The molecular weight excluding hydrogens is 723 g/mol. The molecule has 0 saturated heterocycles. The zero-order chi connectivity index (χ0) is 38.9. The van der Waals surface area contributed by atoms with E-state index in [1.54, 1.807) is 0 Å². The van der Waals surface area contributed by atoms with Gasteiger partial charge >= 0.3 is 0 Å². The van der Waals surface area contributed by atoms with Crippen LogP contribution >= 0.6 is 0 Å². The molecule has 0 fully saturated rings. The summed E-state index contributed by atoms with van der Waals surface area (Å²) in [6, 6.07) is 67.3. The minimum absolute atomic E-state index is 0. The Morgan fingerprint density at radius 2 is 0.600 bits per heavy atom. The first kappa shape index (κ1) is 38.3. The van der Waals surface area contributed by atoms with Gasteiger partial charge in [0.25, 0.3) is 0 Å². The third-order valence-corrected chi connectivity index (χ3v) is 12.6. The molecule has 0 bridgehead atoms. The highest BCUT2D eigenvalue weighted by molar-refractivity contribution is 6.16. The molecule has 1 heterocycles. The van der Waals surface area contributed by atoms with Crippen molar-refractivity contribution < 1.29 is 0 Å². The molecule has 0 amide bonds. The molecule has 0 aliphatic carbocycles. The van der Waals surface area contributed by atoms with Crippen LogP contribution < -0.4 is 4.90 Å². The number of aryl methyl sites for hydroxylation is 2. The molecule has 1 aliphatic heterocycles. The third-order valence-electron chi connectivity index (χ3n) is 12.6. The lowest BCUT2D eigenvalue weighted by atomic mass is 9.88. The Labute approximate surface area is 354 Å². The Morgan fingerprint density at radius 1 is 0.300 bits per heavy atom. The van der Waals surface area contributed by atoms with Crippen LogP contribution in [0.2, 0.25) is 0 Å². The fraction of sp³-hybridized carbons (Fsp3) is 0.0847. The van der Waals surface area contributed by atoms with E-state index in [1.807, 2.05) is 0 Å². The van der Waals surface area contributed by atoms with Crippen LogP contribution in [-0.2, 0) is 0 Å². The van der Waals surface area contributed by atoms with E-state index in [9.17, 15) is 0 Å². The normalized spacial score (nSPS) is 11.9. The van der Waals surface area contributed by atoms with Crippen molar-refractivity contribution in [2.75, 3.05) is 11.9 Å². The molecule has 0 unspecified atom stereocenters. The van der Waals surface area contributed by atoms with Gasteiger partial charge in [-0.1, -0.05) is 173 Å². The highest BCUT2D eigenvalue weighted by Crippen LogP contribution is 2.44. The largest absolute Gasteiger partial charge is 0.344 e. The Bertz CT molecular complexity index is 2990. The van der Waals surface area contributed by atoms with Gasteiger partial charge in [-0.25, -0.2) is 0 Å². The molecule has 1 aliphatic rings. The van der Waals surface area contributed by atoms with Crippen LogP contribution in [0, 0.1) is 13.8 Å². The van der Waals surface area contributed by atoms with Crippen LogP contribution in [0.1, 0.15) is 37.1 Å². The molecule has 11 rings (SSSR count). The van der Waals surface area contributed by atoms with Gasteiger partial charge < -0.3 is 4.90 Å². The predicted octanol–water partition coefficient (Wildman–Crippen LogP) is 17.1. The quantitative estimate of drug-likeness (QED) is 0.161. The molecule has 0 spiro atoms. The van der Waals surface area contributed by atoms with Gasteiger partial charge in [0, 0.05) is 18.4 Å². The lowest BCUT2D eigenvalue weighted by Crippen LogP contribution is -2.11. The van der Waals surface area contributed by atoms with Gasteiger partial charge in [0.1, 0.15) is 0 Å². The Hall–Kier alpha value is -7.22. The molecular formula is C59H49N. The standard InChI is InChI=1S/C57H41N.2CH4/c1-36-46-18-4-8-22-50(46)56(51-23-9-5-19-47(36)51)44-16-12-14-38(34-44)40-28-30-54-42(32-40)26-27-43-33-41(29-31-55(43)58(54)3)39-15-13-17-45(35-39)57-52-24-10-6-20-48(52)37(2)49-21-7-11-25-53(49)57;;/h4-35H,1-3H3;2*1H4. The van der Waals surface area contributed by atoms with E-state index in [4.69, 9.17) is 0 Å². The summed E-state index contributed by atoms with van der Waals surface area (Å²) >= 11 is 0. The molecule has 1 heteroatoms. The van der Waals surface area contributed by atoms with E-state index < -0.39 is 0 Å². The van der Waals surface area contributed by atoms with Gasteiger partial charge in [-0.15, -0.1) is 0 Å². The fourth-order valence-electron chi connectivity index (χ4n) is 9.68. The van der Waals surface area contributed by atoms with Crippen molar-refractivity contribution in [3.8, 4) is 44.5 Å². The Balaban J connectivity index is 0.00000231. The number of benzene rings is 10. The molecule has 0 aromatic heterocycles. The molecule has 290 valence electrons. The van der Waals surface area contributed by atoms with E-state index in [1.165, 1.54) is 121 Å². The number of hydrogen-bond acceptors (Lipinski definition) is 1. The highest BCUT2D eigenvalue weighted by atomic mass is 15.1.